The number of nitrogens with two attached hydrogens (primary N) is 2. The van der Waals surface area contributed by atoms with E-state index in [0.29, 0.717) is 5.82 Å². The number of hydrogen-bond acceptors (Lipinski definition) is 5. The van der Waals surface area contributed by atoms with Crippen LogP contribution in [0.1, 0.15) is 10.4 Å². The van der Waals surface area contributed by atoms with E-state index in [1.54, 1.807) is 6.20 Å². The van der Waals surface area contributed by atoms with Gasteiger partial charge in [0.2, 0.25) is 0 Å². The van der Waals surface area contributed by atoms with Crippen molar-refractivity contribution in [3.8, 4) is 0 Å². The Morgan fingerprint density at radius 3 is 2.71 bits per heavy atom. The third-order valence-electron chi connectivity index (χ3n) is 3.06. The van der Waals surface area contributed by atoms with Crippen LogP contribution in [0, 0.1) is 0 Å². The second kappa shape index (κ2) is 5.09. The number of aromatic nitrogens is 2. The van der Waals surface area contributed by atoms with Crippen molar-refractivity contribution in [3.05, 3.63) is 54.4 Å². The smallest absolute Gasteiger partial charge is 0.250 e. The quantitative estimate of drug-likeness (QED) is 0.680. The van der Waals surface area contributed by atoms with Crippen LogP contribution in [0.4, 0.5) is 17.2 Å². The third-order valence-corrected chi connectivity index (χ3v) is 3.06. The number of para-hydroxylation sites is 1. The zero-order valence-electron chi connectivity index (χ0n) is 11.1. The fraction of sp³-hybridized carbons (Fsp3) is 0. The number of pyridine rings is 2. The molecule has 0 aliphatic rings. The molecule has 0 spiro atoms. The molecular weight excluding hydrogens is 266 g/mol. The lowest BCUT2D eigenvalue weighted by Crippen LogP contribution is -2.14. The fourth-order valence-corrected chi connectivity index (χ4v) is 2.03. The van der Waals surface area contributed by atoms with Crippen LogP contribution in [0.3, 0.4) is 0 Å². The largest absolute Gasteiger partial charge is 0.397 e. The van der Waals surface area contributed by atoms with Crippen LogP contribution >= 0.6 is 0 Å². The number of rotatable bonds is 3. The van der Waals surface area contributed by atoms with Gasteiger partial charge in [0.1, 0.15) is 5.82 Å². The van der Waals surface area contributed by atoms with Crippen LogP contribution in [0.25, 0.3) is 10.9 Å². The van der Waals surface area contributed by atoms with Crippen molar-refractivity contribution in [3.63, 3.8) is 0 Å². The zero-order chi connectivity index (χ0) is 14.8. The molecule has 2 aromatic heterocycles. The molecule has 0 unspecified atom stereocenters. The second-order valence-electron chi connectivity index (χ2n) is 4.56. The summed E-state index contributed by atoms with van der Waals surface area (Å²) in [5.41, 5.74) is 13.1. The summed E-state index contributed by atoms with van der Waals surface area (Å²) in [7, 11) is 0. The Morgan fingerprint density at radius 2 is 1.90 bits per heavy atom. The molecule has 3 rings (SSSR count). The minimum Gasteiger partial charge on any atom is -0.397 e. The van der Waals surface area contributed by atoms with Gasteiger partial charge in [0.05, 0.1) is 34.8 Å². The molecule has 0 aliphatic heterocycles. The van der Waals surface area contributed by atoms with E-state index in [9.17, 15) is 4.79 Å². The van der Waals surface area contributed by atoms with E-state index in [-0.39, 0.29) is 11.3 Å². The summed E-state index contributed by atoms with van der Waals surface area (Å²) < 4.78 is 0. The topological polar surface area (TPSA) is 107 Å². The molecule has 1 aromatic carbocycles. The molecular formula is C15H13N5O. The maximum Gasteiger partial charge on any atom is 0.250 e. The Bertz CT molecular complexity index is 831. The Hall–Kier alpha value is -3.15. The molecule has 0 saturated carbocycles. The van der Waals surface area contributed by atoms with Gasteiger partial charge in [0, 0.05) is 5.39 Å². The molecule has 0 atom stereocenters. The summed E-state index contributed by atoms with van der Waals surface area (Å²) in [6.07, 6.45) is 3.10. The lowest BCUT2D eigenvalue weighted by Gasteiger charge is -2.08. The SMILES string of the molecule is NC(=O)c1cc(Nc2cnc3ccccc3c2)ncc1N. The first-order valence-corrected chi connectivity index (χ1v) is 6.30. The minimum atomic E-state index is -0.588. The van der Waals surface area contributed by atoms with Crippen molar-refractivity contribution in [1.82, 2.24) is 9.97 Å². The van der Waals surface area contributed by atoms with Crippen molar-refractivity contribution >= 4 is 34.0 Å². The molecule has 0 fully saturated rings. The number of carbonyl (C=O) groups excluding carboxylic acids is 1. The maximum absolute atomic E-state index is 11.3. The fourth-order valence-electron chi connectivity index (χ4n) is 2.03. The van der Waals surface area contributed by atoms with Crippen molar-refractivity contribution < 1.29 is 4.79 Å². The monoisotopic (exact) mass is 279 g/mol. The molecule has 21 heavy (non-hydrogen) atoms. The number of anilines is 3. The Morgan fingerprint density at radius 1 is 1.10 bits per heavy atom. The summed E-state index contributed by atoms with van der Waals surface area (Å²) in [5.74, 6) is -0.107. The molecule has 104 valence electrons. The predicted octanol–water partition coefficient (Wildman–Crippen LogP) is 2.05. The molecule has 0 radical (unpaired) electrons. The summed E-state index contributed by atoms with van der Waals surface area (Å²) in [5, 5.41) is 4.09. The van der Waals surface area contributed by atoms with Gasteiger partial charge in [-0.3, -0.25) is 9.78 Å². The van der Waals surface area contributed by atoms with Gasteiger partial charge in [0.15, 0.2) is 0 Å². The molecule has 6 heteroatoms. The van der Waals surface area contributed by atoms with E-state index in [4.69, 9.17) is 11.5 Å². The Kier molecular flexibility index (Phi) is 3.12. The first kappa shape index (κ1) is 12.9. The third kappa shape index (κ3) is 2.59. The van der Waals surface area contributed by atoms with Gasteiger partial charge in [0.25, 0.3) is 5.91 Å². The molecule has 1 amide bonds. The highest BCUT2D eigenvalue weighted by molar-refractivity contribution is 5.98. The van der Waals surface area contributed by atoms with E-state index in [2.05, 4.69) is 15.3 Å². The predicted molar refractivity (Wildman–Crippen MR) is 82.2 cm³/mol. The van der Waals surface area contributed by atoms with Crippen molar-refractivity contribution in [1.29, 1.82) is 0 Å². The first-order valence-electron chi connectivity index (χ1n) is 6.30. The Balaban J connectivity index is 1.94. The summed E-state index contributed by atoms with van der Waals surface area (Å²) in [6, 6.07) is 11.3. The number of nitrogen functional groups attached to an aromatic ring is 1. The van der Waals surface area contributed by atoms with Gasteiger partial charge >= 0.3 is 0 Å². The van der Waals surface area contributed by atoms with Crippen LogP contribution in [0.2, 0.25) is 0 Å². The summed E-state index contributed by atoms with van der Waals surface area (Å²) in [4.78, 5) is 19.7. The highest BCUT2D eigenvalue weighted by atomic mass is 16.1. The summed E-state index contributed by atoms with van der Waals surface area (Å²) in [6.45, 7) is 0. The van der Waals surface area contributed by atoms with Crippen molar-refractivity contribution in [2.24, 2.45) is 5.73 Å². The minimum absolute atomic E-state index is 0.237. The van der Waals surface area contributed by atoms with Gasteiger partial charge in [-0.2, -0.15) is 0 Å². The van der Waals surface area contributed by atoms with E-state index in [1.807, 2.05) is 30.3 Å². The van der Waals surface area contributed by atoms with E-state index in [1.165, 1.54) is 12.3 Å². The number of nitrogens with one attached hydrogen (secondary N) is 1. The number of amides is 1. The van der Waals surface area contributed by atoms with E-state index < -0.39 is 5.91 Å². The first-order chi connectivity index (χ1) is 10.1. The molecule has 0 saturated heterocycles. The number of fused-ring (bicyclic) bond motifs is 1. The average molecular weight is 279 g/mol. The molecule has 5 N–H and O–H groups in total. The number of hydrogen-bond donors (Lipinski definition) is 3. The number of benzene rings is 1. The maximum atomic E-state index is 11.3. The van der Waals surface area contributed by atoms with Crippen LogP contribution in [0.5, 0.6) is 0 Å². The second-order valence-corrected chi connectivity index (χ2v) is 4.56. The van der Waals surface area contributed by atoms with Crippen LogP contribution in [-0.4, -0.2) is 15.9 Å². The molecule has 3 aromatic rings. The van der Waals surface area contributed by atoms with Crippen LogP contribution in [0.15, 0.2) is 48.8 Å². The van der Waals surface area contributed by atoms with Gasteiger partial charge in [-0.1, -0.05) is 18.2 Å². The molecule has 0 aliphatic carbocycles. The lowest BCUT2D eigenvalue weighted by molar-refractivity contribution is 0.100. The van der Waals surface area contributed by atoms with Crippen molar-refractivity contribution in [2.45, 2.75) is 0 Å². The Labute approximate surface area is 120 Å². The van der Waals surface area contributed by atoms with E-state index >= 15 is 0 Å². The van der Waals surface area contributed by atoms with Gasteiger partial charge < -0.3 is 16.8 Å². The van der Waals surface area contributed by atoms with Gasteiger partial charge in [-0.25, -0.2) is 4.98 Å². The normalized spacial score (nSPS) is 10.5. The number of primary amides is 1. The molecule has 0 bridgehead atoms. The van der Waals surface area contributed by atoms with E-state index in [0.717, 1.165) is 16.6 Å². The van der Waals surface area contributed by atoms with Crippen LogP contribution < -0.4 is 16.8 Å². The van der Waals surface area contributed by atoms with Crippen molar-refractivity contribution in [2.75, 3.05) is 11.1 Å². The molecule has 2 heterocycles. The zero-order valence-corrected chi connectivity index (χ0v) is 11.1. The standard InChI is InChI=1S/C15H13N5O/c16-12-8-19-14(6-11(12)15(17)21)20-10-5-9-3-1-2-4-13(9)18-7-10/h1-8H,16H2,(H2,17,21)(H,19,20). The van der Waals surface area contributed by atoms with Gasteiger partial charge in [-0.15, -0.1) is 0 Å². The lowest BCUT2D eigenvalue weighted by atomic mass is 10.2. The molecule has 6 nitrogen and oxygen atoms in total. The number of carbonyl (C=O) groups is 1. The van der Waals surface area contributed by atoms with Crippen LogP contribution in [-0.2, 0) is 0 Å². The van der Waals surface area contributed by atoms with Gasteiger partial charge in [-0.05, 0) is 18.2 Å². The number of nitrogens with zero attached hydrogens (tertiary/aromatic N) is 2. The highest BCUT2D eigenvalue weighted by Gasteiger charge is 2.08. The summed E-state index contributed by atoms with van der Waals surface area (Å²) >= 11 is 0. The average Bonchev–Trinajstić information content (AvgIpc) is 2.49. The highest BCUT2D eigenvalue weighted by Crippen LogP contribution is 2.21.